The van der Waals surface area contributed by atoms with Crippen LogP contribution in [0.1, 0.15) is 11.1 Å². The van der Waals surface area contributed by atoms with Crippen molar-refractivity contribution < 1.29 is 14.6 Å². The highest BCUT2D eigenvalue weighted by molar-refractivity contribution is 5.69. The van der Waals surface area contributed by atoms with Gasteiger partial charge < -0.3 is 9.84 Å². The Morgan fingerprint density at radius 2 is 2.00 bits per heavy atom. The number of carboxylic acids is 1. The Morgan fingerprint density at radius 3 is 2.57 bits per heavy atom. The average Bonchev–Trinajstić information content (AvgIpc) is 2.48. The van der Waals surface area contributed by atoms with Crippen molar-refractivity contribution in [3.63, 3.8) is 0 Å². The van der Waals surface area contributed by atoms with Gasteiger partial charge in [-0.15, -0.1) is 0 Å². The highest BCUT2D eigenvalue weighted by Crippen LogP contribution is 2.20. The lowest BCUT2D eigenvalue weighted by Gasteiger charge is -2.33. The van der Waals surface area contributed by atoms with Crippen LogP contribution in [-0.4, -0.2) is 60.7 Å². The van der Waals surface area contributed by atoms with Crippen molar-refractivity contribution in [1.29, 1.82) is 5.26 Å². The quantitative estimate of drug-likeness (QED) is 0.863. The van der Waals surface area contributed by atoms with Gasteiger partial charge in [0.2, 0.25) is 0 Å². The predicted molar refractivity (Wildman–Crippen MR) is 77.1 cm³/mol. The molecule has 1 N–H and O–H groups in total. The van der Waals surface area contributed by atoms with Gasteiger partial charge in [0, 0.05) is 32.7 Å². The fourth-order valence-corrected chi connectivity index (χ4v) is 2.48. The summed E-state index contributed by atoms with van der Waals surface area (Å²) in [5, 5.41) is 17.7. The number of nitrogens with zero attached hydrogens (tertiary/aromatic N) is 3. The summed E-state index contributed by atoms with van der Waals surface area (Å²) in [6, 6.07) is 7.70. The number of carboxylic acid groups (broad SMARTS) is 1. The van der Waals surface area contributed by atoms with Crippen LogP contribution in [0.15, 0.2) is 18.2 Å². The zero-order chi connectivity index (χ0) is 15.2. The first kappa shape index (κ1) is 15.3. The molecule has 6 nitrogen and oxygen atoms in total. The van der Waals surface area contributed by atoms with Gasteiger partial charge in [0.05, 0.1) is 19.2 Å². The second kappa shape index (κ2) is 7.07. The number of nitriles is 1. The molecule has 0 amide bonds. The standard InChI is InChI=1S/C15H19N3O3/c1-21-14-8-12(2-3-13(14)9-16)10-17-4-6-18(7-5-17)11-15(19)20/h2-3,8H,4-7,10-11H2,1H3,(H,19,20). The summed E-state index contributed by atoms with van der Waals surface area (Å²) in [4.78, 5) is 14.9. The lowest BCUT2D eigenvalue weighted by atomic mass is 10.1. The van der Waals surface area contributed by atoms with E-state index in [-0.39, 0.29) is 6.54 Å². The molecule has 0 unspecified atom stereocenters. The normalized spacial score (nSPS) is 16.4. The molecule has 1 aliphatic heterocycles. The van der Waals surface area contributed by atoms with Crippen LogP contribution in [0.3, 0.4) is 0 Å². The Hall–Kier alpha value is -2.10. The molecule has 1 aliphatic rings. The van der Waals surface area contributed by atoms with E-state index in [9.17, 15) is 4.79 Å². The summed E-state index contributed by atoms with van der Waals surface area (Å²) in [6.07, 6.45) is 0. The minimum Gasteiger partial charge on any atom is -0.495 e. The minimum absolute atomic E-state index is 0.110. The maximum atomic E-state index is 10.7. The minimum atomic E-state index is -0.778. The molecule has 0 saturated carbocycles. The van der Waals surface area contributed by atoms with Gasteiger partial charge in [-0.2, -0.15) is 5.26 Å². The second-order valence-corrected chi connectivity index (χ2v) is 5.09. The smallest absolute Gasteiger partial charge is 0.317 e. The topological polar surface area (TPSA) is 76.8 Å². The summed E-state index contributed by atoms with van der Waals surface area (Å²) < 4.78 is 5.21. The van der Waals surface area contributed by atoms with Crippen LogP contribution < -0.4 is 4.74 Å². The lowest BCUT2D eigenvalue weighted by Crippen LogP contribution is -2.47. The molecule has 112 valence electrons. The number of hydrogen-bond acceptors (Lipinski definition) is 5. The highest BCUT2D eigenvalue weighted by atomic mass is 16.5. The Kier molecular flexibility index (Phi) is 5.14. The molecule has 1 aromatic rings. The van der Waals surface area contributed by atoms with E-state index in [4.69, 9.17) is 15.1 Å². The third kappa shape index (κ3) is 4.18. The van der Waals surface area contributed by atoms with Gasteiger partial charge in [0.1, 0.15) is 11.8 Å². The zero-order valence-corrected chi connectivity index (χ0v) is 12.1. The maximum absolute atomic E-state index is 10.7. The fraction of sp³-hybridized carbons (Fsp3) is 0.467. The molecule has 6 heteroatoms. The second-order valence-electron chi connectivity index (χ2n) is 5.09. The average molecular weight is 289 g/mol. The first-order valence-electron chi connectivity index (χ1n) is 6.86. The molecule has 1 saturated heterocycles. The van der Waals surface area contributed by atoms with E-state index in [1.54, 1.807) is 13.2 Å². The van der Waals surface area contributed by atoms with Gasteiger partial charge in [-0.1, -0.05) is 6.07 Å². The fourth-order valence-electron chi connectivity index (χ4n) is 2.48. The molecular weight excluding hydrogens is 270 g/mol. The van der Waals surface area contributed by atoms with Crippen molar-refractivity contribution in [2.24, 2.45) is 0 Å². The Bertz CT molecular complexity index is 546. The van der Waals surface area contributed by atoms with E-state index >= 15 is 0 Å². The van der Waals surface area contributed by atoms with Crippen molar-refractivity contribution in [3.8, 4) is 11.8 Å². The van der Waals surface area contributed by atoms with Crippen molar-refractivity contribution in [2.45, 2.75) is 6.54 Å². The SMILES string of the molecule is COc1cc(CN2CCN(CC(=O)O)CC2)ccc1C#N. The summed E-state index contributed by atoms with van der Waals surface area (Å²) in [6.45, 7) is 4.10. The van der Waals surface area contributed by atoms with Crippen LogP contribution in [0, 0.1) is 11.3 Å². The third-order valence-electron chi connectivity index (χ3n) is 3.62. The van der Waals surface area contributed by atoms with Crippen molar-refractivity contribution in [2.75, 3.05) is 39.8 Å². The predicted octanol–water partition coefficient (Wildman–Crippen LogP) is 0.769. The van der Waals surface area contributed by atoms with Crippen LogP contribution in [-0.2, 0) is 11.3 Å². The van der Waals surface area contributed by atoms with Gasteiger partial charge in [0.25, 0.3) is 0 Å². The van der Waals surface area contributed by atoms with Crippen molar-refractivity contribution in [3.05, 3.63) is 29.3 Å². The van der Waals surface area contributed by atoms with E-state index in [2.05, 4.69) is 11.0 Å². The van der Waals surface area contributed by atoms with E-state index in [0.717, 1.165) is 38.3 Å². The number of ether oxygens (including phenoxy) is 1. The van der Waals surface area contributed by atoms with Gasteiger partial charge >= 0.3 is 5.97 Å². The molecule has 2 rings (SSSR count). The van der Waals surface area contributed by atoms with Crippen molar-refractivity contribution in [1.82, 2.24) is 9.80 Å². The Morgan fingerprint density at radius 1 is 1.33 bits per heavy atom. The largest absolute Gasteiger partial charge is 0.495 e. The monoisotopic (exact) mass is 289 g/mol. The lowest BCUT2D eigenvalue weighted by molar-refractivity contribution is -0.138. The first-order valence-corrected chi connectivity index (χ1v) is 6.86. The number of hydrogen-bond donors (Lipinski definition) is 1. The number of benzene rings is 1. The maximum Gasteiger partial charge on any atom is 0.317 e. The van der Waals surface area contributed by atoms with Crippen molar-refractivity contribution >= 4 is 5.97 Å². The number of methoxy groups -OCH3 is 1. The number of rotatable bonds is 5. The highest BCUT2D eigenvalue weighted by Gasteiger charge is 2.18. The molecule has 1 heterocycles. The summed E-state index contributed by atoms with van der Waals surface area (Å²) >= 11 is 0. The summed E-state index contributed by atoms with van der Waals surface area (Å²) in [5.74, 6) is -0.181. The Labute approximate surface area is 124 Å². The van der Waals surface area contributed by atoms with Crippen LogP contribution >= 0.6 is 0 Å². The number of carbonyl (C=O) groups is 1. The van der Waals surface area contributed by atoms with E-state index in [0.29, 0.717) is 11.3 Å². The van der Waals surface area contributed by atoms with Crippen LogP contribution in [0.2, 0.25) is 0 Å². The van der Waals surface area contributed by atoms with Crippen LogP contribution in [0.4, 0.5) is 0 Å². The first-order chi connectivity index (χ1) is 10.1. The van der Waals surface area contributed by atoms with Crippen LogP contribution in [0.5, 0.6) is 5.75 Å². The molecule has 21 heavy (non-hydrogen) atoms. The van der Waals surface area contributed by atoms with Gasteiger partial charge in [0.15, 0.2) is 0 Å². The van der Waals surface area contributed by atoms with Gasteiger partial charge in [-0.3, -0.25) is 14.6 Å². The number of aliphatic carboxylic acids is 1. The van der Waals surface area contributed by atoms with E-state index in [1.807, 2.05) is 17.0 Å². The number of piperazine rings is 1. The van der Waals surface area contributed by atoms with E-state index < -0.39 is 5.97 Å². The Balaban J connectivity index is 1.92. The van der Waals surface area contributed by atoms with Gasteiger partial charge in [-0.25, -0.2) is 0 Å². The molecule has 1 fully saturated rings. The molecule has 1 aromatic carbocycles. The molecule has 0 radical (unpaired) electrons. The molecule has 0 spiro atoms. The molecule has 0 bridgehead atoms. The van der Waals surface area contributed by atoms with E-state index in [1.165, 1.54) is 0 Å². The molecular formula is C15H19N3O3. The third-order valence-corrected chi connectivity index (χ3v) is 3.62. The zero-order valence-electron chi connectivity index (χ0n) is 12.1. The molecule has 0 aliphatic carbocycles. The summed E-state index contributed by atoms with van der Waals surface area (Å²) in [7, 11) is 1.56. The summed E-state index contributed by atoms with van der Waals surface area (Å²) in [5.41, 5.74) is 1.63. The van der Waals surface area contributed by atoms with Gasteiger partial charge in [-0.05, 0) is 17.7 Å². The molecule has 0 atom stereocenters. The van der Waals surface area contributed by atoms with Crippen LogP contribution in [0.25, 0.3) is 0 Å². The molecule has 0 aromatic heterocycles.